The lowest BCUT2D eigenvalue weighted by Crippen LogP contribution is -2.63. The first kappa shape index (κ1) is 55.7. The number of benzene rings is 1. The molecule has 25 heteroatoms. The molecule has 2 saturated heterocycles. The highest BCUT2D eigenvalue weighted by Gasteiger charge is 2.41. The van der Waals surface area contributed by atoms with Gasteiger partial charge in [-0.2, -0.15) is 0 Å². The van der Waals surface area contributed by atoms with Crippen LogP contribution in [0.3, 0.4) is 0 Å². The number of carbonyl (C=O) groups is 10. The molecule has 3 rings (SSSR count). The average Bonchev–Trinajstić information content (AvgIpc) is 3.76. The molecule has 0 spiro atoms. The second-order valence-electron chi connectivity index (χ2n) is 17.1. The molecule has 0 aromatic heterocycles. The molecule has 2 aliphatic heterocycles. The predicted molar refractivity (Wildman–Crippen MR) is 248 cm³/mol. The minimum atomic E-state index is -1.76. The number of aliphatic hydroxyl groups is 1. The fourth-order valence-corrected chi connectivity index (χ4v) is 9.44. The van der Waals surface area contributed by atoms with E-state index in [0.717, 1.165) is 21.6 Å². The maximum absolute atomic E-state index is 14.4. The molecular formula is C42H65N11O12S2. The van der Waals surface area contributed by atoms with E-state index in [1.165, 1.54) is 24.0 Å². The van der Waals surface area contributed by atoms with Crippen molar-refractivity contribution < 1.29 is 58.2 Å². The van der Waals surface area contributed by atoms with Gasteiger partial charge >= 0.3 is 0 Å². The Labute approximate surface area is 396 Å². The fraction of sp³-hybridized carbons (Fsp3) is 0.619. The highest BCUT2D eigenvalue weighted by atomic mass is 33.1. The third-order valence-corrected chi connectivity index (χ3v) is 13.5. The summed E-state index contributed by atoms with van der Waals surface area (Å²) in [4.78, 5) is 135. The molecule has 0 radical (unpaired) electrons. The van der Waals surface area contributed by atoms with Crippen LogP contribution in [0.25, 0.3) is 0 Å². The van der Waals surface area contributed by atoms with Crippen LogP contribution in [-0.2, 0) is 54.4 Å². The SMILES string of the molecule is CCC(C)C1NC(=O)C(Cc2ccc(O)cc2)NC(=O)C(N)CSSCC(C(=O)N2CCCC2C(=O)NC(CC(C)C)C(=O)NCC(N)=O)NC(=O)C(CC(N)=O)NC(=O)C(C(C)O)NC1=O. The Morgan fingerprint density at radius 1 is 0.806 bits per heavy atom. The zero-order valence-electron chi connectivity index (χ0n) is 38.2. The molecule has 15 N–H and O–H groups in total. The molecule has 0 saturated carbocycles. The molecule has 0 bridgehead atoms. The number of hydrogen-bond acceptors (Lipinski definition) is 15. The number of hydrogen-bond donors (Lipinski definition) is 12. The molecular weight excluding hydrogens is 915 g/mol. The lowest BCUT2D eigenvalue weighted by molar-refractivity contribution is -0.142. The molecule has 67 heavy (non-hydrogen) atoms. The third-order valence-electron chi connectivity index (χ3n) is 11.0. The van der Waals surface area contributed by atoms with Crippen molar-refractivity contribution in [1.29, 1.82) is 0 Å². The first-order chi connectivity index (χ1) is 31.5. The van der Waals surface area contributed by atoms with Crippen molar-refractivity contribution in [1.82, 2.24) is 42.1 Å². The van der Waals surface area contributed by atoms with Gasteiger partial charge in [0.05, 0.1) is 25.1 Å². The number of aromatic hydroxyl groups is 1. The molecule has 2 aliphatic rings. The highest BCUT2D eigenvalue weighted by molar-refractivity contribution is 8.76. The number of nitrogens with one attached hydrogen (secondary N) is 7. The van der Waals surface area contributed by atoms with Crippen LogP contribution < -0.4 is 54.4 Å². The fourth-order valence-electron chi connectivity index (χ4n) is 7.16. The van der Waals surface area contributed by atoms with Gasteiger partial charge in [0, 0.05) is 24.5 Å². The van der Waals surface area contributed by atoms with Gasteiger partial charge in [0.2, 0.25) is 59.1 Å². The summed E-state index contributed by atoms with van der Waals surface area (Å²) in [7, 11) is 2.06. The summed E-state index contributed by atoms with van der Waals surface area (Å²) in [6.45, 7) is 7.80. The van der Waals surface area contributed by atoms with Gasteiger partial charge in [0.1, 0.15) is 48.0 Å². The monoisotopic (exact) mass is 979 g/mol. The quantitative estimate of drug-likeness (QED) is 0.0759. The van der Waals surface area contributed by atoms with Crippen molar-refractivity contribution in [3.8, 4) is 5.75 Å². The topological polar surface area (TPSA) is 377 Å². The summed E-state index contributed by atoms with van der Waals surface area (Å²) in [5, 5.41) is 38.2. The highest BCUT2D eigenvalue weighted by Crippen LogP contribution is 2.26. The molecule has 1 aromatic carbocycles. The molecule has 10 atom stereocenters. The van der Waals surface area contributed by atoms with Crippen molar-refractivity contribution >= 4 is 80.7 Å². The number of nitrogens with zero attached hydrogens (tertiary/aromatic N) is 1. The van der Waals surface area contributed by atoms with E-state index in [-0.39, 0.29) is 49.0 Å². The molecule has 0 aliphatic carbocycles. The smallest absolute Gasteiger partial charge is 0.246 e. The molecule has 2 fully saturated rings. The number of rotatable bonds is 15. The van der Waals surface area contributed by atoms with E-state index in [1.54, 1.807) is 26.0 Å². The van der Waals surface area contributed by atoms with Gasteiger partial charge < -0.3 is 69.5 Å². The summed E-state index contributed by atoms with van der Waals surface area (Å²) in [5.74, 6) is -9.56. The second kappa shape index (κ2) is 26.6. The van der Waals surface area contributed by atoms with Crippen molar-refractivity contribution in [2.24, 2.45) is 29.0 Å². The lowest BCUT2D eigenvalue weighted by Gasteiger charge is -2.31. The maximum Gasteiger partial charge on any atom is 0.246 e. The number of phenolic OH excluding ortho intramolecular Hbond substituents is 1. The van der Waals surface area contributed by atoms with Crippen LogP contribution in [0.4, 0.5) is 0 Å². The molecule has 1 aromatic rings. The van der Waals surface area contributed by atoms with E-state index >= 15 is 0 Å². The standard InChI is InChI=1S/C42H65N11O12S2/c1-6-21(4)33-40(63)52-34(22(5)54)41(64)49-28(16-31(44)56)37(60)50-29(19-67-66-18-25(43)35(58)47-27(38(61)51-33)15-23-9-11-24(55)12-10-23)42(65)53-13-7-8-30(53)39(62)48-26(14-20(2)3)36(59)46-17-32(45)57/h9-12,20-22,25-30,33-34,54-55H,6-8,13-19,43H2,1-5H3,(H2,44,56)(H2,45,57)(H,46,59)(H,47,58)(H,48,62)(H,49,64)(H,50,60)(H,51,61)(H,52,63). The number of likely N-dealkylation sites (tertiary alicyclic amines) is 1. The second-order valence-corrected chi connectivity index (χ2v) is 19.6. The normalized spacial score (nSPS) is 25.2. The largest absolute Gasteiger partial charge is 0.508 e. The van der Waals surface area contributed by atoms with Gasteiger partial charge in [-0.3, -0.25) is 47.9 Å². The van der Waals surface area contributed by atoms with E-state index in [1.807, 2.05) is 13.8 Å². The predicted octanol–water partition coefficient (Wildman–Crippen LogP) is -3.49. The number of amides is 10. The summed E-state index contributed by atoms with van der Waals surface area (Å²) in [5.41, 5.74) is 17.5. The Hall–Kier alpha value is -5.66. The Kier molecular flexibility index (Phi) is 22.1. The lowest BCUT2D eigenvalue weighted by atomic mass is 9.96. The molecule has 10 amide bonds. The molecule has 23 nitrogen and oxygen atoms in total. The average molecular weight is 980 g/mol. The van der Waals surface area contributed by atoms with E-state index < -0.39 is 132 Å². The Balaban J connectivity index is 2.02. The van der Waals surface area contributed by atoms with Crippen LogP contribution in [0, 0.1) is 11.8 Å². The molecule has 372 valence electrons. The van der Waals surface area contributed by atoms with Crippen LogP contribution in [0.1, 0.15) is 72.3 Å². The Bertz CT molecular complexity index is 1960. The Morgan fingerprint density at radius 2 is 1.40 bits per heavy atom. The first-order valence-electron chi connectivity index (χ1n) is 22.0. The number of phenols is 1. The van der Waals surface area contributed by atoms with Crippen molar-refractivity contribution in [2.45, 2.75) is 128 Å². The van der Waals surface area contributed by atoms with Crippen LogP contribution in [0.5, 0.6) is 5.75 Å². The van der Waals surface area contributed by atoms with E-state index in [0.29, 0.717) is 18.4 Å². The van der Waals surface area contributed by atoms with Gasteiger partial charge in [-0.05, 0) is 55.7 Å². The Morgan fingerprint density at radius 3 is 2.00 bits per heavy atom. The van der Waals surface area contributed by atoms with Crippen LogP contribution >= 0.6 is 21.6 Å². The van der Waals surface area contributed by atoms with Crippen molar-refractivity contribution in [3.63, 3.8) is 0 Å². The first-order valence-corrected chi connectivity index (χ1v) is 24.4. The van der Waals surface area contributed by atoms with Crippen LogP contribution in [0.15, 0.2) is 24.3 Å². The minimum absolute atomic E-state index is 0.0405. The van der Waals surface area contributed by atoms with Gasteiger partial charge in [0.25, 0.3) is 0 Å². The van der Waals surface area contributed by atoms with E-state index in [9.17, 15) is 58.2 Å². The van der Waals surface area contributed by atoms with Crippen molar-refractivity contribution in [3.05, 3.63) is 29.8 Å². The van der Waals surface area contributed by atoms with E-state index in [2.05, 4.69) is 37.2 Å². The summed E-state index contributed by atoms with van der Waals surface area (Å²) >= 11 is 0. The molecule has 2 heterocycles. The summed E-state index contributed by atoms with van der Waals surface area (Å²) in [6, 6.07) is -5.16. The van der Waals surface area contributed by atoms with E-state index in [4.69, 9.17) is 17.2 Å². The van der Waals surface area contributed by atoms with Crippen LogP contribution in [-0.4, -0.2) is 153 Å². The van der Waals surface area contributed by atoms with Gasteiger partial charge in [-0.25, -0.2) is 0 Å². The number of carbonyl (C=O) groups excluding carboxylic acids is 10. The summed E-state index contributed by atoms with van der Waals surface area (Å²) in [6.07, 6.45) is -1.43. The number of nitrogens with two attached hydrogens (primary N) is 3. The van der Waals surface area contributed by atoms with Crippen molar-refractivity contribution in [2.75, 3.05) is 24.6 Å². The zero-order chi connectivity index (χ0) is 50.1. The number of aliphatic hydroxyl groups excluding tert-OH is 1. The zero-order valence-corrected chi connectivity index (χ0v) is 39.8. The third kappa shape index (κ3) is 17.5. The van der Waals surface area contributed by atoms with Gasteiger partial charge in [0.15, 0.2) is 0 Å². The summed E-state index contributed by atoms with van der Waals surface area (Å²) < 4.78 is 0. The van der Waals surface area contributed by atoms with Gasteiger partial charge in [-0.15, -0.1) is 0 Å². The number of primary amides is 2. The van der Waals surface area contributed by atoms with Gasteiger partial charge in [-0.1, -0.05) is 67.8 Å². The molecule has 10 unspecified atom stereocenters. The maximum atomic E-state index is 14.4. The minimum Gasteiger partial charge on any atom is -0.508 e. The van der Waals surface area contributed by atoms with Crippen LogP contribution in [0.2, 0.25) is 0 Å².